The van der Waals surface area contributed by atoms with Crippen molar-refractivity contribution in [2.75, 3.05) is 6.61 Å². The smallest absolute Gasteiger partial charge is 0.311 e. The van der Waals surface area contributed by atoms with Gasteiger partial charge in [0.1, 0.15) is 6.61 Å². The Hall–Kier alpha value is -1.62. The van der Waals surface area contributed by atoms with Crippen LogP contribution in [-0.4, -0.2) is 22.7 Å². The van der Waals surface area contributed by atoms with Gasteiger partial charge in [0.05, 0.1) is 11.0 Å². The molecule has 1 aromatic rings. The zero-order valence-corrected chi connectivity index (χ0v) is 8.64. The lowest BCUT2D eigenvalue weighted by molar-refractivity contribution is -0.386. The van der Waals surface area contributed by atoms with Crippen LogP contribution in [0.2, 0.25) is 0 Å². The summed E-state index contributed by atoms with van der Waals surface area (Å²) >= 11 is 0. The van der Waals surface area contributed by atoms with E-state index in [1.165, 1.54) is 12.1 Å². The van der Waals surface area contributed by atoms with Crippen molar-refractivity contribution in [2.24, 2.45) is 0 Å². The van der Waals surface area contributed by atoms with Crippen LogP contribution in [0.4, 0.5) is 5.69 Å². The molecule has 0 saturated heterocycles. The number of benzene rings is 1. The molecule has 5 nitrogen and oxygen atoms in total. The summed E-state index contributed by atoms with van der Waals surface area (Å²) in [6.45, 7) is 3.37. The molecule has 1 rings (SSSR count). The molecule has 0 heterocycles. The number of aliphatic hydroxyl groups excluding tert-OH is 1. The van der Waals surface area contributed by atoms with Gasteiger partial charge in [-0.05, 0) is 25.5 Å². The molecule has 0 spiro atoms. The van der Waals surface area contributed by atoms with Crippen LogP contribution in [0.5, 0.6) is 5.75 Å². The summed E-state index contributed by atoms with van der Waals surface area (Å²) in [6.07, 6.45) is -0.647. The number of nitro benzene ring substituents is 1. The molecule has 0 radical (unpaired) electrons. The molecule has 0 bridgehead atoms. The number of hydrogen-bond donors (Lipinski definition) is 1. The van der Waals surface area contributed by atoms with Gasteiger partial charge in [0.25, 0.3) is 0 Å². The van der Waals surface area contributed by atoms with Crippen LogP contribution in [0.1, 0.15) is 12.5 Å². The summed E-state index contributed by atoms with van der Waals surface area (Å²) in [7, 11) is 0. The van der Waals surface area contributed by atoms with E-state index in [0.29, 0.717) is 0 Å². The van der Waals surface area contributed by atoms with E-state index in [2.05, 4.69) is 0 Å². The van der Waals surface area contributed by atoms with Crippen LogP contribution in [0.15, 0.2) is 18.2 Å². The highest BCUT2D eigenvalue weighted by Crippen LogP contribution is 2.27. The maximum atomic E-state index is 10.7. The third kappa shape index (κ3) is 3.21. The average Bonchev–Trinajstić information content (AvgIpc) is 2.15. The zero-order valence-electron chi connectivity index (χ0n) is 8.64. The lowest BCUT2D eigenvalue weighted by Gasteiger charge is -2.08. The minimum Gasteiger partial charge on any atom is -0.484 e. The lowest BCUT2D eigenvalue weighted by Crippen LogP contribution is -2.13. The molecule has 0 amide bonds. The molecule has 0 unspecified atom stereocenters. The molecule has 1 aromatic carbocycles. The topological polar surface area (TPSA) is 72.6 Å². The number of aryl methyl sites for hydroxylation is 1. The van der Waals surface area contributed by atoms with Crippen molar-refractivity contribution in [3.05, 3.63) is 33.9 Å². The largest absolute Gasteiger partial charge is 0.484 e. The fourth-order valence-electron chi connectivity index (χ4n) is 1.10. The van der Waals surface area contributed by atoms with Crippen LogP contribution in [0, 0.1) is 17.0 Å². The molecule has 1 atom stereocenters. The van der Waals surface area contributed by atoms with Crippen LogP contribution in [0.25, 0.3) is 0 Å². The van der Waals surface area contributed by atoms with Crippen LogP contribution < -0.4 is 4.74 Å². The maximum absolute atomic E-state index is 10.7. The van der Waals surface area contributed by atoms with Gasteiger partial charge in [-0.25, -0.2) is 0 Å². The summed E-state index contributed by atoms with van der Waals surface area (Å²) in [5.41, 5.74) is 0.724. The zero-order chi connectivity index (χ0) is 11.4. The van der Waals surface area contributed by atoms with Crippen molar-refractivity contribution in [3.63, 3.8) is 0 Å². The molecule has 15 heavy (non-hydrogen) atoms. The van der Waals surface area contributed by atoms with Crippen molar-refractivity contribution in [3.8, 4) is 5.75 Å². The molecule has 1 N–H and O–H groups in total. The predicted octanol–water partition coefficient (Wildman–Crippen LogP) is 1.66. The van der Waals surface area contributed by atoms with Crippen LogP contribution in [-0.2, 0) is 0 Å². The Kier molecular flexibility index (Phi) is 3.62. The highest BCUT2D eigenvalue weighted by atomic mass is 16.6. The SMILES string of the molecule is Cc1ccc(OC[C@H](C)O)c([N+](=O)[O-])c1. The van der Waals surface area contributed by atoms with E-state index in [-0.39, 0.29) is 18.0 Å². The number of nitro groups is 1. The predicted molar refractivity (Wildman–Crippen MR) is 55.0 cm³/mol. The molecule has 0 aliphatic heterocycles. The molecular formula is C10H13NO4. The molecule has 5 heteroatoms. The van der Waals surface area contributed by atoms with E-state index in [1.54, 1.807) is 19.9 Å². The van der Waals surface area contributed by atoms with Crippen molar-refractivity contribution in [1.29, 1.82) is 0 Å². The van der Waals surface area contributed by atoms with Gasteiger partial charge in [-0.1, -0.05) is 6.07 Å². The summed E-state index contributed by atoms with van der Waals surface area (Å²) in [5, 5.41) is 19.7. The first-order chi connectivity index (χ1) is 7.00. The van der Waals surface area contributed by atoms with E-state index in [0.717, 1.165) is 5.56 Å². The van der Waals surface area contributed by atoms with E-state index >= 15 is 0 Å². The van der Waals surface area contributed by atoms with Gasteiger partial charge >= 0.3 is 5.69 Å². The molecular weight excluding hydrogens is 198 g/mol. The van der Waals surface area contributed by atoms with Crippen molar-refractivity contribution in [2.45, 2.75) is 20.0 Å². The summed E-state index contributed by atoms with van der Waals surface area (Å²) < 4.78 is 5.12. The van der Waals surface area contributed by atoms with Gasteiger partial charge < -0.3 is 9.84 Å². The number of ether oxygens (including phenoxy) is 1. The first-order valence-electron chi connectivity index (χ1n) is 4.56. The molecule has 0 saturated carbocycles. The van der Waals surface area contributed by atoms with Crippen LogP contribution >= 0.6 is 0 Å². The Morgan fingerprint density at radius 1 is 1.60 bits per heavy atom. The number of aliphatic hydroxyl groups is 1. The Morgan fingerprint density at radius 2 is 2.27 bits per heavy atom. The summed E-state index contributed by atoms with van der Waals surface area (Å²) in [4.78, 5) is 10.2. The fraction of sp³-hybridized carbons (Fsp3) is 0.400. The third-order valence-corrected chi connectivity index (χ3v) is 1.79. The summed E-state index contributed by atoms with van der Waals surface area (Å²) in [5.74, 6) is 0.187. The Balaban J connectivity index is 2.91. The minimum absolute atomic E-state index is 0.0455. The van der Waals surface area contributed by atoms with Gasteiger partial charge in [-0.2, -0.15) is 0 Å². The highest BCUT2D eigenvalue weighted by Gasteiger charge is 2.15. The first-order valence-corrected chi connectivity index (χ1v) is 4.56. The summed E-state index contributed by atoms with van der Waals surface area (Å²) in [6, 6.07) is 4.71. The number of hydrogen-bond acceptors (Lipinski definition) is 4. The molecule has 0 aliphatic carbocycles. The second-order valence-corrected chi connectivity index (χ2v) is 3.39. The van der Waals surface area contributed by atoms with Gasteiger partial charge in [-0.15, -0.1) is 0 Å². The van der Waals surface area contributed by atoms with Crippen molar-refractivity contribution < 1.29 is 14.8 Å². The molecule has 0 aliphatic rings. The molecule has 0 aromatic heterocycles. The normalized spacial score (nSPS) is 12.2. The van der Waals surface area contributed by atoms with Crippen molar-refractivity contribution >= 4 is 5.69 Å². The Bertz CT molecular complexity index is 362. The Labute approximate surface area is 87.5 Å². The standard InChI is InChI=1S/C10H13NO4/c1-7-3-4-10(15-6-8(2)12)9(5-7)11(13)14/h3-5,8,12H,6H2,1-2H3/t8-/m0/s1. The van der Waals surface area contributed by atoms with E-state index in [9.17, 15) is 10.1 Å². The van der Waals surface area contributed by atoms with Gasteiger partial charge in [0.15, 0.2) is 5.75 Å². The quantitative estimate of drug-likeness (QED) is 0.607. The Morgan fingerprint density at radius 3 is 2.80 bits per heavy atom. The van der Waals surface area contributed by atoms with Crippen LogP contribution in [0.3, 0.4) is 0 Å². The first kappa shape index (κ1) is 11.5. The molecule has 82 valence electrons. The second-order valence-electron chi connectivity index (χ2n) is 3.39. The van der Waals surface area contributed by atoms with Gasteiger partial charge in [-0.3, -0.25) is 10.1 Å². The van der Waals surface area contributed by atoms with Gasteiger partial charge in [0.2, 0.25) is 0 Å². The van der Waals surface area contributed by atoms with Crippen molar-refractivity contribution in [1.82, 2.24) is 0 Å². The minimum atomic E-state index is -0.647. The molecule has 0 fully saturated rings. The van der Waals surface area contributed by atoms with E-state index < -0.39 is 11.0 Å². The fourth-order valence-corrected chi connectivity index (χ4v) is 1.10. The second kappa shape index (κ2) is 4.75. The number of nitrogens with zero attached hydrogens (tertiary/aromatic N) is 1. The maximum Gasteiger partial charge on any atom is 0.311 e. The monoisotopic (exact) mass is 211 g/mol. The highest BCUT2D eigenvalue weighted by molar-refractivity contribution is 5.48. The lowest BCUT2D eigenvalue weighted by atomic mass is 10.2. The van der Waals surface area contributed by atoms with E-state index in [1.807, 2.05) is 0 Å². The average molecular weight is 211 g/mol. The van der Waals surface area contributed by atoms with Gasteiger partial charge in [0, 0.05) is 6.07 Å². The third-order valence-electron chi connectivity index (χ3n) is 1.79. The number of rotatable bonds is 4. The van der Waals surface area contributed by atoms with E-state index in [4.69, 9.17) is 9.84 Å².